The lowest BCUT2D eigenvalue weighted by Gasteiger charge is -2.09. The average Bonchev–Trinajstić information content (AvgIpc) is 2.98. The van der Waals surface area contributed by atoms with E-state index in [4.69, 9.17) is 4.74 Å². The second-order valence-corrected chi connectivity index (χ2v) is 8.13. The van der Waals surface area contributed by atoms with E-state index in [1.54, 1.807) is 19.9 Å². The molecule has 0 aliphatic heterocycles. The number of nitrogens with one attached hydrogen (secondary N) is 1. The number of hydrogen-bond donors (Lipinski definition) is 1. The molecule has 1 aromatic carbocycles. The molecule has 154 valence electrons. The quantitative estimate of drug-likeness (QED) is 0.299. The van der Waals surface area contributed by atoms with Gasteiger partial charge < -0.3 is 10.1 Å². The van der Waals surface area contributed by atoms with Crippen LogP contribution in [0.5, 0.6) is 0 Å². The number of nitro benzene ring substituents is 1. The van der Waals surface area contributed by atoms with Crippen molar-refractivity contribution in [3.8, 4) is 0 Å². The van der Waals surface area contributed by atoms with Crippen molar-refractivity contribution in [2.24, 2.45) is 0 Å². The van der Waals surface area contributed by atoms with Gasteiger partial charge in [-0.15, -0.1) is 11.3 Å². The van der Waals surface area contributed by atoms with E-state index in [0.717, 1.165) is 20.9 Å². The van der Waals surface area contributed by atoms with Gasteiger partial charge >= 0.3 is 5.97 Å². The molecular formula is C20H22N2O6S. The maximum absolute atomic E-state index is 12.2. The van der Waals surface area contributed by atoms with Crippen LogP contribution in [-0.4, -0.2) is 29.2 Å². The van der Waals surface area contributed by atoms with Crippen LogP contribution in [0.4, 0.5) is 11.4 Å². The summed E-state index contributed by atoms with van der Waals surface area (Å²) in [6.45, 7) is 6.66. The highest BCUT2D eigenvalue weighted by molar-refractivity contribution is 7.12. The third kappa shape index (κ3) is 5.95. The molecule has 0 saturated carbocycles. The molecule has 2 rings (SSSR count). The fourth-order valence-corrected chi connectivity index (χ4v) is 3.66. The van der Waals surface area contributed by atoms with E-state index in [1.165, 1.54) is 23.5 Å². The molecule has 0 spiro atoms. The Hall–Kier alpha value is -3.07. The maximum Gasteiger partial charge on any atom is 0.306 e. The van der Waals surface area contributed by atoms with Gasteiger partial charge in [0.1, 0.15) is 5.69 Å². The van der Waals surface area contributed by atoms with Crippen LogP contribution in [0.1, 0.15) is 44.1 Å². The molecule has 9 heteroatoms. The van der Waals surface area contributed by atoms with Crippen molar-refractivity contribution in [2.45, 2.75) is 40.5 Å². The zero-order valence-electron chi connectivity index (χ0n) is 16.7. The first-order valence-electron chi connectivity index (χ1n) is 8.89. The number of carbonyl (C=O) groups is 3. The monoisotopic (exact) mass is 418 g/mol. The van der Waals surface area contributed by atoms with E-state index in [0.29, 0.717) is 5.56 Å². The third-order valence-electron chi connectivity index (χ3n) is 4.34. The van der Waals surface area contributed by atoms with Crippen molar-refractivity contribution in [3.05, 3.63) is 54.8 Å². The van der Waals surface area contributed by atoms with Crippen LogP contribution in [0.2, 0.25) is 0 Å². The molecule has 0 aliphatic carbocycles. The number of aryl methyl sites for hydroxylation is 4. The molecule has 0 radical (unpaired) electrons. The second-order valence-electron chi connectivity index (χ2n) is 6.67. The largest absolute Gasteiger partial charge is 0.456 e. The molecule has 1 aromatic heterocycles. The normalized spacial score (nSPS) is 10.5. The number of Topliss-reactive ketones (excluding diaryl/α,β-unsaturated/α-hetero) is 1. The Morgan fingerprint density at radius 3 is 2.31 bits per heavy atom. The average molecular weight is 418 g/mol. The summed E-state index contributed by atoms with van der Waals surface area (Å²) < 4.78 is 4.88. The first-order chi connectivity index (χ1) is 13.6. The Bertz CT molecular complexity index is 980. The molecule has 0 saturated heterocycles. The number of ether oxygens (including phenoxy) is 1. The lowest BCUT2D eigenvalue weighted by atomic mass is 10.1. The number of amides is 1. The second kappa shape index (κ2) is 9.42. The zero-order valence-corrected chi connectivity index (χ0v) is 17.5. The summed E-state index contributed by atoms with van der Waals surface area (Å²) >= 11 is 1.51. The zero-order chi connectivity index (χ0) is 21.7. The summed E-state index contributed by atoms with van der Waals surface area (Å²) in [7, 11) is 0. The number of rotatable bonds is 8. The van der Waals surface area contributed by atoms with Crippen LogP contribution in [0.3, 0.4) is 0 Å². The van der Waals surface area contributed by atoms with Crippen molar-refractivity contribution >= 4 is 40.4 Å². The maximum atomic E-state index is 12.2. The number of esters is 1. The van der Waals surface area contributed by atoms with Crippen molar-refractivity contribution in [1.29, 1.82) is 0 Å². The highest BCUT2D eigenvalue weighted by Gasteiger charge is 2.19. The predicted molar refractivity (Wildman–Crippen MR) is 110 cm³/mol. The number of hydrogen-bond acceptors (Lipinski definition) is 7. The van der Waals surface area contributed by atoms with Crippen LogP contribution < -0.4 is 5.32 Å². The summed E-state index contributed by atoms with van der Waals surface area (Å²) in [5, 5.41) is 13.6. The smallest absolute Gasteiger partial charge is 0.306 e. The minimum Gasteiger partial charge on any atom is -0.456 e. The molecule has 0 atom stereocenters. The first-order valence-corrected chi connectivity index (χ1v) is 9.71. The molecule has 0 bridgehead atoms. The lowest BCUT2D eigenvalue weighted by molar-refractivity contribution is -0.384. The van der Waals surface area contributed by atoms with Gasteiger partial charge in [-0.05, 0) is 51.0 Å². The SMILES string of the molecule is Cc1cc(C(=O)CCC(=O)OCC(=O)Nc2cc(C)c(C)cc2[N+](=O)[O-])c(C)s1. The lowest BCUT2D eigenvalue weighted by Crippen LogP contribution is -2.21. The predicted octanol–water partition coefficient (Wildman–Crippen LogP) is 4.03. The van der Waals surface area contributed by atoms with E-state index < -0.39 is 23.4 Å². The van der Waals surface area contributed by atoms with Gasteiger partial charge in [-0.3, -0.25) is 24.5 Å². The van der Waals surface area contributed by atoms with Crippen molar-refractivity contribution in [1.82, 2.24) is 0 Å². The van der Waals surface area contributed by atoms with Crippen LogP contribution >= 0.6 is 11.3 Å². The molecular weight excluding hydrogens is 396 g/mol. The molecule has 2 aromatic rings. The van der Waals surface area contributed by atoms with Crippen LogP contribution in [-0.2, 0) is 14.3 Å². The van der Waals surface area contributed by atoms with Gasteiger partial charge in [0, 0.05) is 27.8 Å². The number of ketones is 1. The molecule has 1 heterocycles. The Labute approximate surface area is 172 Å². The van der Waals surface area contributed by atoms with E-state index in [1.807, 2.05) is 13.8 Å². The topological polar surface area (TPSA) is 116 Å². The molecule has 0 aliphatic rings. The van der Waals surface area contributed by atoms with Gasteiger partial charge in [0.2, 0.25) is 0 Å². The van der Waals surface area contributed by atoms with Crippen molar-refractivity contribution < 1.29 is 24.0 Å². The van der Waals surface area contributed by atoms with Gasteiger partial charge in [-0.25, -0.2) is 0 Å². The van der Waals surface area contributed by atoms with Crippen LogP contribution in [0.15, 0.2) is 18.2 Å². The standard InChI is InChI=1S/C20H22N2O6S/c1-11-7-16(17(22(26)27)8-12(11)2)21-19(24)10-28-20(25)6-5-18(23)15-9-13(3)29-14(15)4/h7-9H,5-6,10H2,1-4H3,(H,21,24). The Kier molecular flexibility index (Phi) is 7.22. The highest BCUT2D eigenvalue weighted by Crippen LogP contribution is 2.28. The molecule has 0 fully saturated rings. The Morgan fingerprint density at radius 1 is 1.07 bits per heavy atom. The Morgan fingerprint density at radius 2 is 1.72 bits per heavy atom. The summed E-state index contributed by atoms with van der Waals surface area (Å²) in [6.07, 6.45) is -0.162. The highest BCUT2D eigenvalue weighted by atomic mass is 32.1. The van der Waals surface area contributed by atoms with Crippen molar-refractivity contribution in [2.75, 3.05) is 11.9 Å². The van der Waals surface area contributed by atoms with Crippen molar-refractivity contribution in [3.63, 3.8) is 0 Å². The molecule has 1 amide bonds. The van der Waals surface area contributed by atoms with Gasteiger partial charge in [0.15, 0.2) is 12.4 Å². The first kappa shape index (κ1) is 22.2. The fraction of sp³-hybridized carbons (Fsp3) is 0.350. The summed E-state index contributed by atoms with van der Waals surface area (Å²) in [5.41, 5.74) is 1.90. The van der Waals surface area contributed by atoms with E-state index in [9.17, 15) is 24.5 Å². The fourth-order valence-electron chi connectivity index (χ4n) is 2.71. The Balaban J connectivity index is 1.87. The number of benzene rings is 1. The number of nitrogens with zero attached hydrogens (tertiary/aromatic N) is 1. The van der Waals surface area contributed by atoms with Gasteiger partial charge in [0.25, 0.3) is 11.6 Å². The number of carbonyl (C=O) groups excluding carboxylic acids is 3. The summed E-state index contributed by atoms with van der Waals surface area (Å²) in [4.78, 5) is 48.5. The number of nitro groups is 1. The van der Waals surface area contributed by atoms with E-state index in [2.05, 4.69) is 5.32 Å². The molecule has 29 heavy (non-hydrogen) atoms. The van der Waals surface area contributed by atoms with Crippen LogP contribution in [0.25, 0.3) is 0 Å². The van der Waals surface area contributed by atoms with E-state index >= 15 is 0 Å². The van der Waals surface area contributed by atoms with E-state index in [-0.39, 0.29) is 30.0 Å². The summed E-state index contributed by atoms with van der Waals surface area (Å²) in [6, 6.07) is 4.66. The van der Waals surface area contributed by atoms with Gasteiger partial charge in [0.05, 0.1) is 11.3 Å². The summed E-state index contributed by atoms with van der Waals surface area (Å²) in [5.74, 6) is -1.54. The molecule has 0 unspecified atom stereocenters. The molecule has 1 N–H and O–H groups in total. The van der Waals surface area contributed by atoms with Crippen LogP contribution in [0, 0.1) is 37.8 Å². The molecule has 8 nitrogen and oxygen atoms in total. The van der Waals surface area contributed by atoms with Gasteiger partial charge in [-0.2, -0.15) is 0 Å². The number of anilines is 1. The van der Waals surface area contributed by atoms with Gasteiger partial charge in [-0.1, -0.05) is 0 Å². The third-order valence-corrected chi connectivity index (χ3v) is 5.31. The minimum absolute atomic E-state index is 0.0138. The number of thiophene rings is 1. The minimum atomic E-state index is -0.694.